The number of hydrogen-bond donors (Lipinski definition) is 3. The molecule has 0 amide bonds. The first-order valence-corrected chi connectivity index (χ1v) is 4.62. The Labute approximate surface area is 85.9 Å². The van der Waals surface area contributed by atoms with Gasteiger partial charge < -0.3 is 16.2 Å². The van der Waals surface area contributed by atoms with E-state index >= 15 is 0 Å². The minimum Gasteiger partial charge on any atom is -0.480 e. The smallest absolute Gasteiger partial charge is 0.322 e. The molecule has 1 aromatic rings. The molecule has 1 aromatic carbocycles. The van der Waals surface area contributed by atoms with Crippen LogP contribution in [0.4, 0.5) is 10.1 Å². The van der Waals surface area contributed by atoms with Crippen molar-refractivity contribution in [1.29, 1.82) is 0 Å². The Hall–Kier alpha value is -1.62. The van der Waals surface area contributed by atoms with Crippen molar-refractivity contribution in [2.24, 2.45) is 5.73 Å². The lowest BCUT2D eigenvalue weighted by molar-refractivity contribution is -0.138. The van der Waals surface area contributed by atoms with Crippen LogP contribution in [0.15, 0.2) is 18.2 Å². The zero-order valence-corrected chi connectivity index (χ0v) is 7.90. The van der Waals surface area contributed by atoms with Gasteiger partial charge in [0.2, 0.25) is 0 Å². The number of para-hydroxylation sites is 1. The topological polar surface area (TPSA) is 75.4 Å². The molecule has 2 rings (SSSR count). The van der Waals surface area contributed by atoms with E-state index in [4.69, 9.17) is 10.8 Å². The lowest BCUT2D eigenvalue weighted by Gasteiger charge is -2.15. The van der Waals surface area contributed by atoms with Crippen molar-refractivity contribution in [2.75, 3.05) is 5.32 Å². The van der Waals surface area contributed by atoms with Crippen LogP contribution in [0.25, 0.3) is 0 Å². The fourth-order valence-corrected chi connectivity index (χ4v) is 1.76. The summed E-state index contributed by atoms with van der Waals surface area (Å²) in [4.78, 5) is 10.7. The van der Waals surface area contributed by atoms with Gasteiger partial charge in [-0.1, -0.05) is 12.1 Å². The quantitative estimate of drug-likeness (QED) is 0.667. The SMILES string of the molecule is NC(C(=O)O)C1Cc2cccc(F)c2N1. The Bertz CT molecular complexity index is 408. The highest BCUT2D eigenvalue weighted by Crippen LogP contribution is 2.29. The molecule has 1 aliphatic rings. The molecule has 2 atom stereocenters. The van der Waals surface area contributed by atoms with E-state index in [2.05, 4.69) is 5.32 Å². The number of aliphatic carboxylic acids is 1. The summed E-state index contributed by atoms with van der Waals surface area (Å²) in [5.41, 5.74) is 6.62. The average Bonchev–Trinajstić information content (AvgIpc) is 2.61. The molecule has 1 aliphatic heterocycles. The Morgan fingerprint density at radius 1 is 1.67 bits per heavy atom. The zero-order chi connectivity index (χ0) is 11.0. The molecule has 80 valence electrons. The van der Waals surface area contributed by atoms with Crippen molar-refractivity contribution in [3.05, 3.63) is 29.6 Å². The Morgan fingerprint density at radius 3 is 3.00 bits per heavy atom. The molecule has 5 heteroatoms. The second-order valence-electron chi connectivity index (χ2n) is 3.59. The predicted octanol–water partition coefficient (Wildman–Crippen LogP) is 0.574. The number of rotatable bonds is 2. The Kier molecular flexibility index (Phi) is 2.32. The molecule has 1 heterocycles. The lowest BCUT2D eigenvalue weighted by Crippen LogP contribution is -2.45. The minimum absolute atomic E-state index is 0.368. The van der Waals surface area contributed by atoms with E-state index in [-0.39, 0.29) is 5.82 Å². The third-order valence-corrected chi connectivity index (χ3v) is 2.59. The lowest BCUT2D eigenvalue weighted by atomic mass is 10.0. The van der Waals surface area contributed by atoms with Gasteiger partial charge in [0.05, 0.1) is 11.7 Å². The Morgan fingerprint density at radius 2 is 2.40 bits per heavy atom. The van der Waals surface area contributed by atoms with Gasteiger partial charge in [0, 0.05) is 0 Å². The van der Waals surface area contributed by atoms with E-state index in [0.717, 1.165) is 5.56 Å². The summed E-state index contributed by atoms with van der Waals surface area (Å²) in [7, 11) is 0. The minimum atomic E-state index is -1.08. The summed E-state index contributed by atoms with van der Waals surface area (Å²) in [5, 5.41) is 11.5. The van der Waals surface area contributed by atoms with Gasteiger partial charge >= 0.3 is 5.97 Å². The van der Waals surface area contributed by atoms with Crippen molar-refractivity contribution < 1.29 is 14.3 Å². The molecule has 0 saturated heterocycles. The van der Waals surface area contributed by atoms with E-state index in [9.17, 15) is 9.18 Å². The van der Waals surface area contributed by atoms with Gasteiger partial charge in [0.15, 0.2) is 0 Å². The molecule has 2 unspecified atom stereocenters. The Balaban J connectivity index is 2.23. The highest BCUT2D eigenvalue weighted by Gasteiger charge is 2.31. The summed E-state index contributed by atoms with van der Waals surface area (Å²) in [6.45, 7) is 0. The van der Waals surface area contributed by atoms with E-state index in [0.29, 0.717) is 12.1 Å². The van der Waals surface area contributed by atoms with Crippen LogP contribution in [-0.4, -0.2) is 23.2 Å². The molecular formula is C10H11FN2O2. The van der Waals surface area contributed by atoms with Crippen LogP contribution < -0.4 is 11.1 Å². The van der Waals surface area contributed by atoms with Crippen LogP contribution in [0, 0.1) is 5.82 Å². The standard InChI is InChI=1S/C10H11FN2O2/c11-6-3-1-2-5-4-7(13-9(5)6)8(12)10(14)15/h1-3,7-8,13H,4,12H2,(H,14,15). The van der Waals surface area contributed by atoms with Gasteiger partial charge in [-0.25, -0.2) is 4.39 Å². The van der Waals surface area contributed by atoms with Gasteiger partial charge in [-0.3, -0.25) is 4.79 Å². The van der Waals surface area contributed by atoms with Gasteiger partial charge in [-0.15, -0.1) is 0 Å². The van der Waals surface area contributed by atoms with E-state index in [1.165, 1.54) is 6.07 Å². The van der Waals surface area contributed by atoms with Crippen molar-refractivity contribution in [1.82, 2.24) is 0 Å². The second kappa shape index (κ2) is 3.51. The van der Waals surface area contributed by atoms with Gasteiger partial charge in [-0.05, 0) is 18.1 Å². The molecule has 0 fully saturated rings. The molecule has 0 aromatic heterocycles. The first-order chi connectivity index (χ1) is 7.09. The maximum Gasteiger partial charge on any atom is 0.322 e. The number of anilines is 1. The largest absolute Gasteiger partial charge is 0.480 e. The van der Waals surface area contributed by atoms with Crippen molar-refractivity contribution >= 4 is 11.7 Å². The normalized spacial score (nSPS) is 20.5. The van der Waals surface area contributed by atoms with E-state index < -0.39 is 18.1 Å². The molecule has 0 aliphatic carbocycles. The van der Waals surface area contributed by atoms with Crippen LogP contribution in [0.2, 0.25) is 0 Å². The molecule has 0 radical (unpaired) electrons. The average molecular weight is 210 g/mol. The number of hydrogen-bond acceptors (Lipinski definition) is 3. The molecular weight excluding hydrogens is 199 g/mol. The van der Waals surface area contributed by atoms with Crippen molar-refractivity contribution in [2.45, 2.75) is 18.5 Å². The number of carbonyl (C=O) groups is 1. The molecule has 15 heavy (non-hydrogen) atoms. The third kappa shape index (κ3) is 1.66. The van der Waals surface area contributed by atoms with E-state index in [1.54, 1.807) is 12.1 Å². The number of nitrogens with two attached hydrogens (primary N) is 1. The number of fused-ring (bicyclic) bond motifs is 1. The number of nitrogens with one attached hydrogen (secondary N) is 1. The van der Waals surface area contributed by atoms with Crippen molar-refractivity contribution in [3.63, 3.8) is 0 Å². The van der Waals surface area contributed by atoms with Crippen LogP contribution in [0.1, 0.15) is 5.56 Å². The van der Waals surface area contributed by atoms with Crippen LogP contribution >= 0.6 is 0 Å². The van der Waals surface area contributed by atoms with Gasteiger partial charge in [0.1, 0.15) is 11.9 Å². The van der Waals surface area contributed by atoms with Gasteiger partial charge in [-0.2, -0.15) is 0 Å². The third-order valence-electron chi connectivity index (χ3n) is 2.59. The zero-order valence-electron chi connectivity index (χ0n) is 7.90. The van der Waals surface area contributed by atoms with Crippen molar-refractivity contribution in [3.8, 4) is 0 Å². The molecule has 0 spiro atoms. The molecule has 0 saturated carbocycles. The number of halogens is 1. The number of carboxylic acids is 1. The molecule has 0 bridgehead atoms. The first-order valence-electron chi connectivity index (χ1n) is 4.62. The monoisotopic (exact) mass is 210 g/mol. The summed E-state index contributed by atoms with van der Waals surface area (Å²) < 4.78 is 13.3. The predicted molar refractivity (Wildman–Crippen MR) is 53.1 cm³/mol. The highest BCUT2D eigenvalue weighted by molar-refractivity contribution is 5.76. The fourth-order valence-electron chi connectivity index (χ4n) is 1.76. The van der Waals surface area contributed by atoms with Crippen LogP contribution in [0.3, 0.4) is 0 Å². The second-order valence-corrected chi connectivity index (χ2v) is 3.59. The maximum absolute atomic E-state index is 13.3. The summed E-state index contributed by atoms with van der Waals surface area (Å²) >= 11 is 0. The molecule has 4 nitrogen and oxygen atoms in total. The molecule has 4 N–H and O–H groups in total. The summed E-state index contributed by atoms with van der Waals surface area (Å²) in [6, 6.07) is 3.25. The maximum atomic E-state index is 13.3. The van der Waals surface area contributed by atoms with E-state index in [1.807, 2.05) is 0 Å². The van der Waals surface area contributed by atoms with Crippen LogP contribution in [0.5, 0.6) is 0 Å². The highest BCUT2D eigenvalue weighted by atomic mass is 19.1. The van der Waals surface area contributed by atoms with Gasteiger partial charge in [0.25, 0.3) is 0 Å². The first kappa shape index (κ1) is 9.92. The summed E-state index contributed by atoms with van der Waals surface area (Å²) in [6.07, 6.45) is 0.445. The number of carboxylic acid groups (broad SMARTS) is 1. The number of benzene rings is 1. The fraction of sp³-hybridized carbons (Fsp3) is 0.300. The van der Waals surface area contributed by atoms with Crippen LogP contribution in [-0.2, 0) is 11.2 Å². The summed E-state index contributed by atoms with van der Waals surface area (Å²) in [5.74, 6) is -1.45.